The first-order valence-corrected chi connectivity index (χ1v) is 9.92. The Hall–Kier alpha value is -1.93. The Bertz CT molecular complexity index is 822. The Morgan fingerprint density at radius 1 is 1.42 bits per heavy atom. The van der Waals surface area contributed by atoms with Gasteiger partial charge in [-0.3, -0.25) is 13.8 Å². The lowest BCUT2D eigenvalue weighted by Gasteiger charge is -2.18. The number of phenols is 1. The van der Waals surface area contributed by atoms with Crippen molar-refractivity contribution in [2.24, 2.45) is 5.41 Å². The molecule has 2 atom stereocenters. The lowest BCUT2D eigenvalue weighted by Crippen LogP contribution is -2.24. The predicted molar refractivity (Wildman–Crippen MR) is 98.0 cm³/mol. The minimum absolute atomic E-state index is 0.200. The molecule has 1 saturated heterocycles. The summed E-state index contributed by atoms with van der Waals surface area (Å²) < 4.78 is 30.3. The fourth-order valence-corrected chi connectivity index (χ4v) is 4.46. The Kier molecular flexibility index (Phi) is 4.27. The maximum absolute atomic E-state index is 15.1. The standard InChI is InChI=1S/C18H22FN3O3S/c1-18(6-7-18)5-4-12-8-11(9-20-12)13-2-3-14(23)17(16(13)19)22-10-15(24)21-26(22)25/h2-3,8,12,20,23H,4-7,9-10H2,1H3,(H,21,24)/t12-,26?/m1/s1. The molecule has 1 aromatic carbocycles. The van der Waals surface area contributed by atoms with Gasteiger partial charge in [-0.1, -0.05) is 13.0 Å². The van der Waals surface area contributed by atoms with Gasteiger partial charge in [-0.05, 0) is 48.8 Å². The first-order chi connectivity index (χ1) is 12.4. The summed E-state index contributed by atoms with van der Waals surface area (Å²) in [6, 6.07) is 3.12. The second kappa shape index (κ2) is 6.35. The van der Waals surface area contributed by atoms with Crippen molar-refractivity contribution in [3.63, 3.8) is 0 Å². The summed E-state index contributed by atoms with van der Waals surface area (Å²) in [4.78, 5) is 11.4. The molecule has 2 fully saturated rings. The van der Waals surface area contributed by atoms with Gasteiger partial charge in [-0.15, -0.1) is 0 Å². The van der Waals surface area contributed by atoms with Crippen LogP contribution in [0, 0.1) is 11.2 Å². The van der Waals surface area contributed by atoms with Crippen molar-refractivity contribution in [3.05, 3.63) is 29.6 Å². The number of rotatable bonds is 5. The minimum atomic E-state index is -1.89. The first kappa shape index (κ1) is 17.5. The van der Waals surface area contributed by atoms with Crippen LogP contribution in [0.5, 0.6) is 5.75 Å². The highest BCUT2D eigenvalue weighted by molar-refractivity contribution is 7.85. The molecule has 1 saturated carbocycles. The molecule has 0 radical (unpaired) electrons. The van der Waals surface area contributed by atoms with Crippen LogP contribution in [0.25, 0.3) is 5.57 Å². The molecule has 8 heteroatoms. The molecule has 2 aliphatic heterocycles. The van der Waals surface area contributed by atoms with Gasteiger partial charge in [-0.2, -0.15) is 0 Å². The van der Waals surface area contributed by atoms with E-state index in [2.05, 4.69) is 17.0 Å². The number of carbonyl (C=O) groups excluding carboxylic acids is 1. The van der Waals surface area contributed by atoms with E-state index in [1.54, 1.807) is 0 Å². The number of nitrogens with one attached hydrogen (secondary N) is 2. The Labute approximate surface area is 154 Å². The largest absolute Gasteiger partial charge is 0.506 e. The van der Waals surface area contributed by atoms with E-state index >= 15 is 4.39 Å². The average Bonchev–Trinajstić information content (AvgIpc) is 3.00. The number of amides is 1. The van der Waals surface area contributed by atoms with Crippen LogP contribution in [-0.2, 0) is 16.0 Å². The number of aromatic hydroxyl groups is 1. The fraction of sp³-hybridized carbons (Fsp3) is 0.500. The number of nitrogens with zero attached hydrogens (tertiary/aromatic N) is 1. The third-order valence-corrected chi connectivity index (χ3v) is 6.61. The van der Waals surface area contributed by atoms with Crippen molar-refractivity contribution in [1.29, 1.82) is 0 Å². The van der Waals surface area contributed by atoms with E-state index in [9.17, 15) is 14.1 Å². The Balaban J connectivity index is 1.58. The van der Waals surface area contributed by atoms with Crippen LogP contribution >= 0.6 is 0 Å². The predicted octanol–water partition coefficient (Wildman–Crippen LogP) is 1.98. The van der Waals surface area contributed by atoms with Gasteiger partial charge in [0.2, 0.25) is 11.2 Å². The van der Waals surface area contributed by atoms with Crippen molar-refractivity contribution >= 4 is 28.3 Å². The summed E-state index contributed by atoms with van der Waals surface area (Å²) in [5.74, 6) is -1.46. The molecule has 3 N–H and O–H groups in total. The number of hydrogen-bond donors (Lipinski definition) is 3. The molecular formula is C18H22FN3O3S. The van der Waals surface area contributed by atoms with E-state index in [1.165, 1.54) is 25.0 Å². The number of phenolic OH excluding ortho intramolecular Hbond substituents is 1. The van der Waals surface area contributed by atoms with E-state index in [-0.39, 0.29) is 24.0 Å². The molecule has 3 aliphatic rings. The normalized spacial score (nSPS) is 26.8. The molecular weight excluding hydrogens is 357 g/mol. The highest BCUT2D eigenvalue weighted by Gasteiger charge is 2.37. The molecule has 1 aliphatic carbocycles. The maximum atomic E-state index is 15.1. The van der Waals surface area contributed by atoms with Crippen molar-refractivity contribution < 1.29 is 18.5 Å². The molecule has 2 heterocycles. The van der Waals surface area contributed by atoms with E-state index < -0.39 is 22.9 Å². The van der Waals surface area contributed by atoms with Gasteiger partial charge in [-0.25, -0.2) is 8.60 Å². The second-order valence-electron chi connectivity index (χ2n) is 7.63. The monoisotopic (exact) mass is 379 g/mol. The molecule has 1 aromatic rings. The van der Waals surface area contributed by atoms with Crippen molar-refractivity contribution in [1.82, 2.24) is 10.0 Å². The summed E-state index contributed by atoms with van der Waals surface area (Å²) in [5.41, 5.74) is 1.46. The highest BCUT2D eigenvalue weighted by Crippen LogP contribution is 2.49. The van der Waals surface area contributed by atoms with Gasteiger partial charge < -0.3 is 10.4 Å². The van der Waals surface area contributed by atoms with Gasteiger partial charge in [0, 0.05) is 18.2 Å². The van der Waals surface area contributed by atoms with Crippen LogP contribution in [-0.4, -0.2) is 34.4 Å². The summed E-state index contributed by atoms with van der Waals surface area (Å²) in [5, 5.41) is 13.5. The third-order valence-electron chi connectivity index (χ3n) is 5.50. The topological polar surface area (TPSA) is 81.7 Å². The van der Waals surface area contributed by atoms with Gasteiger partial charge in [0.15, 0.2) is 5.82 Å². The zero-order valence-corrected chi connectivity index (χ0v) is 15.4. The summed E-state index contributed by atoms with van der Waals surface area (Å²) in [7, 11) is 0. The molecule has 0 aromatic heterocycles. The summed E-state index contributed by atoms with van der Waals surface area (Å²) >= 11 is -1.89. The Morgan fingerprint density at radius 3 is 2.85 bits per heavy atom. The number of halogens is 1. The fourth-order valence-electron chi connectivity index (χ4n) is 3.51. The van der Waals surface area contributed by atoms with Crippen LogP contribution < -0.4 is 14.3 Å². The number of carbonyl (C=O) groups is 1. The van der Waals surface area contributed by atoms with E-state index in [0.29, 0.717) is 17.5 Å². The van der Waals surface area contributed by atoms with Crippen LogP contribution in [0.4, 0.5) is 10.1 Å². The number of benzene rings is 1. The lowest BCUT2D eigenvalue weighted by molar-refractivity contribution is -0.117. The molecule has 0 bridgehead atoms. The number of hydrogen-bond acceptors (Lipinski definition) is 4. The van der Waals surface area contributed by atoms with Gasteiger partial charge in [0.05, 0.1) is 0 Å². The third kappa shape index (κ3) is 3.23. The van der Waals surface area contributed by atoms with Crippen molar-refractivity contribution in [2.75, 3.05) is 17.4 Å². The SMILES string of the molecule is CC1(CC[C@@H]2C=C(c3ccc(O)c(N4CC(=O)NS4=O)c3F)CN2)CC1. The average molecular weight is 379 g/mol. The zero-order chi connectivity index (χ0) is 18.5. The summed E-state index contributed by atoms with van der Waals surface area (Å²) in [6.45, 7) is 2.59. The smallest absolute Gasteiger partial charge is 0.253 e. The Morgan fingerprint density at radius 2 is 2.19 bits per heavy atom. The van der Waals surface area contributed by atoms with Crippen LogP contribution in [0.15, 0.2) is 18.2 Å². The molecule has 26 heavy (non-hydrogen) atoms. The van der Waals surface area contributed by atoms with Crippen molar-refractivity contribution in [3.8, 4) is 5.75 Å². The van der Waals surface area contributed by atoms with E-state index in [0.717, 1.165) is 22.7 Å². The molecule has 140 valence electrons. The van der Waals surface area contributed by atoms with Crippen LogP contribution in [0.1, 0.15) is 38.2 Å². The second-order valence-corrected chi connectivity index (χ2v) is 8.78. The van der Waals surface area contributed by atoms with Crippen molar-refractivity contribution in [2.45, 2.75) is 38.6 Å². The molecule has 0 spiro atoms. The molecule has 4 rings (SSSR count). The first-order valence-electron chi connectivity index (χ1n) is 8.81. The molecule has 1 amide bonds. The summed E-state index contributed by atoms with van der Waals surface area (Å²) in [6.07, 6.45) is 6.77. The van der Waals surface area contributed by atoms with E-state index in [4.69, 9.17) is 0 Å². The van der Waals surface area contributed by atoms with Gasteiger partial charge in [0.1, 0.15) is 18.0 Å². The molecule has 1 unspecified atom stereocenters. The number of anilines is 1. The van der Waals surface area contributed by atoms with Crippen LogP contribution in [0.3, 0.4) is 0 Å². The van der Waals surface area contributed by atoms with Crippen LogP contribution in [0.2, 0.25) is 0 Å². The molecule has 6 nitrogen and oxygen atoms in total. The highest BCUT2D eigenvalue weighted by atomic mass is 32.2. The quantitative estimate of drug-likeness (QED) is 0.731. The zero-order valence-electron chi connectivity index (χ0n) is 14.5. The maximum Gasteiger partial charge on any atom is 0.253 e. The minimum Gasteiger partial charge on any atom is -0.506 e. The van der Waals surface area contributed by atoms with Gasteiger partial charge in [0.25, 0.3) is 5.91 Å². The van der Waals surface area contributed by atoms with E-state index in [1.807, 2.05) is 6.08 Å². The lowest BCUT2D eigenvalue weighted by atomic mass is 9.98. The van der Waals surface area contributed by atoms with Gasteiger partial charge >= 0.3 is 0 Å².